The number of hydrogen-bond acceptors (Lipinski definition) is 4. The van der Waals surface area contributed by atoms with Gasteiger partial charge in [0.05, 0.1) is 10.5 Å². The van der Waals surface area contributed by atoms with Crippen LogP contribution in [0.1, 0.15) is 35.2 Å². The van der Waals surface area contributed by atoms with Crippen molar-refractivity contribution in [2.75, 3.05) is 13.1 Å². The Labute approximate surface area is 162 Å². The molecule has 0 radical (unpaired) electrons. The van der Waals surface area contributed by atoms with Crippen LogP contribution in [0.25, 0.3) is 0 Å². The summed E-state index contributed by atoms with van der Waals surface area (Å²) in [6.45, 7) is 1.19. The lowest BCUT2D eigenvalue weighted by Crippen LogP contribution is -2.35. The summed E-state index contributed by atoms with van der Waals surface area (Å²) in [6, 6.07) is 13.5. The maximum absolute atomic E-state index is 12.7. The van der Waals surface area contributed by atoms with E-state index >= 15 is 0 Å². The zero-order valence-corrected chi connectivity index (χ0v) is 16.6. The molecular weight excluding hydrogens is 418 g/mol. The molecule has 2 aromatic carbocycles. The van der Waals surface area contributed by atoms with Gasteiger partial charge in [-0.05, 0) is 48.7 Å². The SMILES string of the molecule is O=C(OCc1ccc(Br)cc1)c1cccc(S(=O)(=O)N2CCCCC2)c1. The first-order valence-corrected chi connectivity index (χ1v) is 10.7. The highest BCUT2D eigenvalue weighted by Crippen LogP contribution is 2.22. The van der Waals surface area contributed by atoms with Crippen LogP contribution in [0.5, 0.6) is 0 Å². The van der Waals surface area contributed by atoms with Gasteiger partial charge in [0.2, 0.25) is 10.0 Å². The first-order chi connectivity index (χ1) is 12.5. The van der Waals surface area contributed by atoms with E-state index in [2.05, 4.69) is 15.9 Å². The Morgan fingerprint density at radius 1 is 1.04 bits per heavy atom. The minimum atomic E-state index is -3.57. The molecule has 0 bridgehead atoms. The zero-order chi connectivity index (χ0) is 18.6. The lowest BCUT2D eigenvalue weighted by atomic mass is 10.2. The van der Waals surface area contributed by atoms with Crippen LogP contribution >= 0.6 is 15.9 Å². The Bertz CT molecular complexity index is 875. The molecule has 0 atom stereocenters. The van der Waals surface area contributed by atoms with Gasteiger partial charge in [0, 0.05) is 17.6 Å². The van der Waals surface area contributed by atoms with Gasteiger partial charge in [-0.15, -0.1) is 0 Å². The summed E-state index contributed by atoms with van der Waals surface area (Å²) >= 11 is 3.35. The van der Waals surface area contributed by atoms with Crippen molar-refractivity contribution in [3.05, 3.63) is 64.1 Å². The number of carbonyl (C=O) groups excluding carboxylic acids is 1. The van der Waals surface area contributed by atoms with E-state index in [9.17, 15) is 13.2 Å². The van der Waals surface area contributed by atoms with E-state index < -0.39 is 16.0 Å². The van der Waals surface area contributed by atoms with Crippen molar-refractivity contribution in [2.24, 2.45) is 0 Å². The van der Waals surface area contributed by atoms with Crippen molar-refractivity contribution in [3.63, 3.8) is 0 Å². The largest absolute Gasteiger partial charge is 0.457 e. The third-order valence-electron chi connectivity index (χ3n) is 4.31. The summed E-state index contributed by atoms with van der Waals surface area (Å²) in [6.07, 6.45) is 2.79. The van der Waals surface area contributed by atoms with Crippen LogP contribution in [0.4, 0.5) is 0 Å². The summed E-state index contributed by atoms with van der Waals surface area (Å²) in [5.41, 5.74) is 1.10. The number of esters is 1. The van der Waals surface area contributed by atoms with Gasteiger partial charge >= 0.3 is 5.97 Å². The molecule has 26 heavy (non-hydrogen) atoms. The maximum Gasteiger partial charge on any atom is 0.338 e. The molecule has 7 heteroatoms. The molecule has 3 rings (SSSR count). The molecular formula is C19H20BrNO4S. The summed E-state index contributed by atoms with van der Waals surface area (Å²) in [4.78, 5) is 12.4. The highest BCUT2D eigenvalue weighted by atomic mass is 79.9. The highest BCUT2D eigenvalue weighted by Gasteiger charge is 2.26. The topological polar surface area (TPSA) is 63.7 Å². The minimum absolute atomic E-state index is 0.134. The molecule has 1 saturated heterocycles. The van der Waals surface area contributed by atoms with E-state index in [-0.39, 0.29) is 17.1 Å². The van der Waals surface area contributed by atoms with Crippen LogP contribution in [-0.4, -0.2) is 31.8 Å². The number of benzene rings is 2. The van der Waals surface area contributed by atoms with Crippen LogP contribution in [0, 0.1) is 0 Å². The van der Waals surface area contributed by atoms with Crippen molar-refractivity contribution < 1.29 is 17.9 Å². The third kappa shape index (κ3) is 4.52. The predicted molar refractivity (Wildman–Crippen MR) is 102 cm³/mol. The normalized spacial score (nSPS) is 15.6. The average molecular weight is 438 g/mol. The summed E-state index contributed by atoms with van der Waals surface area (Å²) in [7, 11) is -3.57. The number of nitrogens with zero attached hydrogens (tertiary/aromatic N) is 1. The summed E-state index contributed by atoms with van der Waals surface area (Å²) < 4.78 is 33.2. The monoisotopic (exact) mass is 437 g/mol. The average Bonchev–Trinajstić information content (AvgIpc) is 2.68. The molecule has 138 valence electrons. The van der Waals surface area contributed by atoms with Crippen LogP contribution in [0.15, 0.2) is 57.9 Å². The van der Waals surface area contributed by atoms with Gasteiger partial charge in [-0.2, -0.15) is 4.31 Å². The van der Waals surface area contributed by atoms with E-state index in [0.717, 1.165) is 29.3 Å². The minimum Gasteiger partial charge on any atom is -0.457 e. The molecule has 0 spiro atoms. The lowest BCUT2D eigenvalue weighted by molar-refractivity contribution is 0.0472. The second kappa shape index (κ2) is 8.33. The number of carbonyl (C=O) groups is 1. The van der Waals surface area contributed by atoms with Crippen LogP contribution in [0.2, 0.25) is 0 Å². The highest BCUT2D eigenvalue weighted by molar-refractivity contribution is 9.10. The molecule has 1 aliphatic heterocycles. The summed E-state index contributed by atoms with van der Waals surface area (Å²) in [5.74, 6) is -0.538. The smallest absolute Gasteiger partial charge is 0.338 e. The predicted octanol–water partition coefficient (Wildman–Crippen LogP) is 3.98. The number of ether oxygens (including phenoxy) is 1. The fourth-order valence-electron chi connectivity index (χ4n) is 2.85. The van der Waals surface area contributed by atoms with E-state index in [4.69, 9.17) is 4.74 Å². The van der Waals surface area contributed by atoms with Crippen molar-refractivity contribution in [3.8, 4) is 0 Å². The first kappa shape index (κ1) is 19.1. The Balaban J connectivity index is 1.71. The van der Waals surface area contributed by atoms with Crippen LogP contribution < -0.4 is 0 Å². The summed E-state index contributed by atoms with van der Waals surface area (Å²) in [5, 5.41) is 0. The van der Waals surface area contributed by atoms with Crippen LogP contribution in [-0.2, 0) is 21.4 Å². The quantitative estimate of drug-likeness (QED) is 0.663. The second-order valence-electron chi connectivity index (χ2n) is 6.20. The molecule has 1 aliphatic rings. The molecule has 0 amide bonds. The van der Waals surface area contributed by atoms with E-state index in [0.29, 0.717) is 13.1 Å². The molecule has 0 aromatic heterocycles. The second-order valence-corrected chi connectivity index (χ2v) is 9.05. The Hall–Kier alpha value is -1.70. The molecule has 0 unspecified atom stereocenters. The van der Waals surface area contributed by atoms with E-state index in [1.165, 1.54) is 16.4 Å². The van der Waals surface area contributed by atoms with Gasteiger partial charge in [-0.1, -0.05) is 40.5 Å². The Kier molecular flexibility index (Phi) is 6.11. The number of sulfonamides is 1. The lowest BCUT2D eigenvalue weighted by Gasteiger charge is -2.25. The third-order valence-corrected chi connectivity index (χ3v) is 6.73. The van der Waals surface area contributed by atoms with Gasteiger partial charge in [-0.25, -0.2) is 13.2 Å². The molecule has 1 fully saturated rings. The zero-order valence-electron chi connectivity index (χ0n) is 14.2. The van der Waals surface area contributed by atoms with Crippen LogP contribution in [0.3, 0.4) is 0 Å². The van der Waals surface area contributed by atoms with E-state index in [1.54, 1.807) is 12.1 Å². The fraction of sp³-hybridized carbons (Fsp3) is 0.316. The Morgan fingerprint density at radius 2 is 1.73 bits per heavy atom. The molecule has 5 nitrogen and oxygen atoms in total. The van der Waals surface area contributed by atoms with Crippen molar-refractivity contribution in [2.45, 2.75) is 30.8 Å². The molecule has 1 heterocycles. The number of halogens is 1. The van der Waals surface area contributed by atoms with Gasteiger partial charge in [0.15, 0.2) is 0 Å². The fourth-order valence-corrected chi connectivity index (χ4v) is 4.68. The molecule has 2 aromatic rings. The molecule has 0 N–H and O–H groups in total. The van der Waals surface area contributed by atoms with Gasteiger partial charge in [0.1, 0.15) is 6.61 Å². The number of hydrogen-bond donors (Lipinski definition) is 0. The van der Waals surface area contributed by atoms with Gasteiger partial charge < -0.3 is 4.74 Å². The van der Waals surface area contributed by atoms with E-state index in [1.807, 2.05) is 24.3 Å². The number of rotatable bonds is 5. The van der Waals surface area contributed by atoms with Crippen molar-refractivity contribution in [1.82, 2.24) is 4.31 Å². The first-order valence-electron chi connectivity index (χ1n) is 8.48. The molecule has 0 aliphatic carbocycles. The standard InChI is InChI=1S/C19H20BrNO4S/c20-17-9-7-15(8-10-17)14-25-19(22)16-5-4-6-18(13-16)26(23,24)21-11-2-1-3-12-21/h4-10,13H,1-3,11-12,14H2. The molecule has 0 saturated carbocycles. The van der Waals surface area contributed by atoms with Gasteiger partial charge in [-0.3, -0.25) is 0 Å². The van der Waals surface area contributed by atoms with Gasteiger partial charge in [0.25, 0.3) is 0 Å². The van der Waals surface area contributed by atoms with Crippen molar-refractivity contribution >= 4 is 31.9 Å². The van der Waals surface area contributed by atoms with Crippen molar-refractivity contribution in [1.29, 1.82) is 0 Å². The maximum atomic E-state index is 12.7. The Morgan fingerprint density at radius 3 is 2.42 bits per heavy atom. The number of piperidine rings is 1.